The highest BCUT2D eigenvalue weighted by Gasteiger charge is 2.29. The van der Waals surface area contributed by atoms with Gasteiger partial charge in [-0.05, 0) is 61.7 Å². The number of fused-ring (bicyclic) bond motifs is 1. The molecule has 0 radical (unpaired) electrons. The van der Waals surface area contributed by atoms with Crippen molar-refractivity contribution in [2.45, 2.75) is 44.9 Å². The minimum absolute atomic E-state index is 0.0199. The lowest BCUT2D eigenvalue weighted by atomic mass is 10.1. The van der Waals surface area contributed by atoms with E-state index in [4.69, 9.17) is 4.98 Å². The van der Waals surface area contributed by atoms with Gasteiger partial charge in [0.05, 0.1) is 28.6 Å². The molecule has 4 aromatic rings. The Labute approximate surface area is 224 Å². The summed E-state index contributed by atoms with van der Waals surface area (Å²) in [6.45, 7) is 7.40. The van der Waals surface area contributed by atoms with Crippen LogP contribution >= 0.6 is 11.3 Å². The molecule has 2 amide bonds. The molecular formula is C27H31N7O3S. The SMILES string of the molecule is C=CC(=O)N1CCCC1Cn1c(NC(=O)c2ccc(-n3cccn3)s2)nc2cc(CNC(C)CO)ccc21. The van der Waals surface area contributed by atoms with Crippen LogP contribution in [0.5, 0.6) is 0 Å². The molecular weight excluding hydrogens is 502 g/mol. The van der Waals surface area contributed by atoms with E-state index in [2.05, 4.69) is 22.3 Å². The zero-order chi connectivity index (χ0) is 26.6. The average Bonchev–Trinajstić information content (AvgIpc) is 3.74. The molecule has 5 rings (SSSR count). The Kier molecular flexibility index (Phi) is 7.68. The number of anilines is 1. The molecule has 3 aromatic heterocycles. The first-order chi connectivity index (χ1) is 18.5. The number of hydrogen-bond donors (Lipinski definition) is 3. The van der Waals surface area contributed by atoms with E-state index in [0.29, 0.717) is 30.5 Å². The van der Waals surface area contributed by atoms with Gasteiger partial charge in [-0.3, -0.25) is 14.9 Å². The number of aliphatic hydroxyl groups is 1. The van der Waals surface area contributed by atoms with Crippen LogP contribution in [-0.4, -0.2) is 66.4 Å². The molecule has 11 heteroatoms. The molecule has 2 unspecified atom stereocenters. The molecule has 1 saturated heterocycles. The second-order valence-electron chi connectivity index (χ2n) is 9.41. The Morgan fingerprint density at radius 1 is 1.32 bits per heavy atom. The number of carbonyl (C=O) groups excluding carboxylic acids is 2. The van der Waals surface area contributed by atoms with Crippen molar-refractivity contribution in [3.05, 3.63) is 71.9 Å². The summed E-state index contributed by atoms with van der Waals surface area (Å²) in [5.74, 6) is 0.0958. The van der Waals surface area contributed by atoms with E-state index in [1.807, 2.05) is 52.9 Å². The molecule has 1 fully saturated rings. The van der Waals surface area contributed by atoms with Crippen molar-refractivity contribution in [1.29, 1.82) is 0 Å². The van der Waals surface area contributed by atoms with Gasteiger partial charge in [0.15, 0.2) is 0 Å². The summed E-state index contributed by atoms with van der Waals surface area (Å²) in [5.41, 5.74) is 2.64. The fourth-order valence-electron chi connectivity index (χ4n) is 4.70. The summed E-state index contributed by atoms with van der Waals surface area (Å²) in [6.07, 6.45) is 6.67. The van der Waals surface area contributed by atoms with E-state index < -0.39 is 0 Å². The molecule has 1 aromatic carbocycles. The van der Waals surface area contributed by atoms with Crippen LogP contribution in [0.1, 0.15) is 35.0 Å². The Morgan fingerprint density at radius 2 is 2.18 bits per heavy atom. The number of carbonyl (C=O) groups is 2. The van der Waals surface area contributed by atoms with Gasteiger partial charge in [0.2, 0.25) is 11.9 Å². The van der Waals surface area contributed by atoms with Gasteiger partial charge < -0.3 is 19.9 Å². The fraction of sp³-hybridized carbons (Fsp3) is 0.333. The van der Waals surface area contributed by atoms with Crippen LogP contribution in [0.15, 0.2) is 61.4 Å². The molecule has 0 saturated carbocycles. The lowest BCUT2D eigenvalue weighted by molar-refractivity contribution is -0.126. The van der Waals surface area contributed by atoms with Crippen LogP contribution < -0.4 is 10.6 Å². The molecule has 3 N–H and O–H groups in total. The molecule has 38 heavy (non-hydrogen) atoms. The van der Waals surface area contributed by atoms with Crippen LogP contribution in [0, 0.1) is 0 Å². The number of amides is 2. The highest BCUT2D eigenvalue weighted by Crippen LogP contribution is 2.27. The minimum Gasteiger partial charge on any atom is -0.395 e. The average molecular weight is 534 g/mol. The number of nitrogens with one attached hydrogen (secondary N) is 2. The zero-order valence-corrected chi connectivity index (χ0v) is 22.0. The number of aromatic nitrogens is 4. The van der Waals surface area contributed by atoms with Crippen LogP contribution in [0.3, 0.4) is 0 Å². The number of thiophene rings is 1. The zero-order valence-electron chi connectivity index (χ0n) is 21.2. The first kappa shape index (κ1) is 25.8. The lowest BCUT2D eigenvalue weighted by Gasteiger charge is -2.24. The van der Waals surface area contributed by atoms with Crippen molar-refractivity contribution in [1.82, 2.24) is 29.5 Å². The van der Waals surface area contributed by atoms with Gasteiger partial charge in [-0.15, -0.1) is 11.3 Å². The van der Waals surface area contributed by atoms with Crippen molar-refractivity contribution in [2.75, 3.05) is 18.5 Å². The monoisotopic (exact) mass is 533 g/mol. The molecule has 1 aliphatic heterocycles. The van der Waals surface area contributed by atoms with E-state index in [1.165, 1.54) is 17.4 Å². The first-order valence-corrected chi connectivity index (χ1v) is 13.5. The van der Waals surface area contributed by atoms with Crippen molar-refractivity contribution in [3.63, 3.8) is 0 Å². The highest BCUT2D eigenvalue weighted by atomic mass is 32.1. The molecule has 198 valence electrons. The predicted octanol–water partition coefficient (Wildman–Crippen LogP) is 3.18. The topological polar surface area (TPSA) is 117 Å². The number of aliphatic hydroxyl groups excluding tert-OH is 1. The van der Waals surface area contributed by atoms with Gasteiger partial charge in [0.1, 0.15) is 5.00 Å². The lowest BCUT2D eigenvalue weighted by Crippen LogP contribution is -2.37. The number of hydrogen-bond acceptors (Lipinski definition) is 7. The maximum atomic E-state index is 13.3. The molecule has 1 aliphatic rings. The van der Waals surface area contributed by atoms with Crippen LogP contribution in [0.4, 0.5) is 5.95 Å². The normalized spacial score (nSPS) is 16.2. The maximum Gasteiger partial charge on any atom is 0.268 e. The summed E-state index contributed by atoms with van der Waals surface area (Å²) in [7, 11) is 0. The number of likely N-dealkylation sites (tertiary alicyclic amines) is 1. The Morgan fingerprint density at radius 3 is 2.95 bits per heavy atom. The summed E-state index contributed by atoms with van der Waals surface area (Å²) in [6, 6.07) is 11.4. The standard InChI is InChI=1S/C27H31N7O3S/c1-3-24(36)32-12-4-6-20(32)16-33-22-8-7-19(15-28-18(2)17-35)14-21(22)30-27(33)31-26(37)23-9-10-25(38-23)34-13-5-11-29-34/h3,5,7-11,13-14,18,20,28,35H,1,4,6,12,15-17H2,2H3,(H,30,31,37). The van der Waals surface area contributed by atoms with Gasteiger partial charge in [-0.25, -0.2) is 9.67 Å². The highest BCUT2D eigenvalue weighted by molar-refractivity contribution is 7.16. The van der Waals surface area contributed by atoms with E-state index in [0.717, 1.165) is 34.4 Å². The van der Waals surface area contributed by atoms with Crippen molar-refractivity contribution in [3.8, 4) is 5.00 Å². The Hall–Kier alpha value is -3.80. The third-order valence-corrected chi connectivity index (χ3v) is 7.81. The van der Waals surface area contributed by atoms with Gasteiger partial charge in [-0.1, -0.05) is 12.6 Å². The second-order valence-corrected chi connectivity index (χ2v) is 10.5. The van der Waals surface area contributed by atoms with Gasteiger partial charge >= 0.3 is 0 Å². The van der Waals surface area contributed by atoms with Crippen LogP contribution in [-0.2, 0) is 17.9 Å². The second kappa shape index (κ2) is 11.3. The molecule has 0 spiro atoms. The van der Waals surface area contributed by atoms with Crippen LogP contribution in [0.2, 0.25) is 0 Å². The number of benzene rings is 1. The smallest absolute Gasteiger partial charge is 0.268 e. The van der Waals surface area contributed by atoms with Crippen LogP contribution in [0.25, 0.3) is 16.0 Å². The summed E-state index contributed by atoms with van der Waals surface area (Å²) in [4.78, 5) is 32.9. The molecule has 2 atom stereocenters. The molecule has 4 heterocycles. The first-order valence-electron chi connectivity index (χ1n) is 12.6. The van der Waals surface area contributed by atoms with Crippen molar-refractivity contribution < 1.29 is 14.7 Å². The third kappa shape index (κ3) is 5.40. The van der Waals surface area contributed by atoms with E-state index in [9.17, 15) is 14.7 Å². The van der Waals surface area contributed by atoms with Gasteiger partial charge in [0, 0.05) is 38.1 Å². The van der Waals surface area contributed by atoms with E-state index in [-0.39, 0.29) is 30.5 Å². The largest absolute Gasteiger partial charge is 0.395 e. The van der Waals surface area contributed by atoms with Crippen molar-refractivity contribution >= 4 is 40.1 Å². The predicted molar refractivity (Wildman–Crippen MR) is 147 cm³/mol. The van der Waals surface area contributed by atoms with Gasteiger partial charge in [0.25, 0.3) is 5.91 Å². The number of imidazole rings is 1. The summed E-state index contributed by atoms with van der Waals surface area (Å²) < 4.78 is 3.71. The third-order valence-electron chi connectivity index (χ3n) is 6.74. The summed E-state index contributed by atoms with van der Waals surface area (Å²) >= 11 is 1.34. The number of nitrogens with zero attached hydrogens (tertiary/aromatic N) is 5. The molecule has 10 nitrogen and oxygen atoms in total. The quantitative estimate of drug-likeness (QED) is 0.270. The molecule has 0 bridgehead atoms. The van der Waals surface area contributed by atoms with E-state index >= 15 is 0 Å². The Balaban J connectivity index is 1.45. The minimum atomic E-state index is -0.255. The molecule has 0 aliphatic carbocycles. The Bertz CT molecular complexity index is 1440. The van der Waals surface area contributed by atoms with Crippen molar-refractivity contribution in [2.24, 2.45) is 0 Å². The fourth-order valence-corrected chi connectivity index (χ4v) is 5.54. The van der Waals surface area contributed by atoms with Gasteiger partial charge in [-0.2, -0.15) is 5.10 Å². The maximum absolute atomic E-state index is 13.3. The summed E-state index contributed by atoms with van der Waals surface area (Å²) in [5, 5.41) is 20.7. The van der Waals surface area contributed by atoms with E-state index in [1.54, 1.807) is 16.9 Å². The number of rotatable bonds is 10.